The van der Waals surface area contributed by atoms with Crippen LogP contribution in [-0.4, -0.2) is 19.1 Å². The average Bonchev–Trinajstić information content (AvgIpc) is 2.21. The second kappa shape index (κ2) is 9.99. The number of hydrogen-bond acceptors (Lipinski definition) is 2. The quantitative estimate of drug-likeness (QED) is 0.441. The molecule has 0 unspecified atom stereocenters. The highest BCUT2D eigenvalue weighted by Crippen LogP contribution is 2.15. The Labute approximate surface area is 98.5 Å². The van der Waals surface area contributed by atoms with Gasteiger partial charge in [0.1, 0.15) is 13.2 Å². The molecule has 0 amide bonds. The van der Waals surface area contributed by atoms with Crippen LogP contribution in [0.3, 0.4) is 0 Å². The van der Waals surface area contributed by atoms with Gasteiger partial charge in [-0.05, 0) is 19.8 Å². The first-order chi connectivity index (χ1) is 6.67. The van der Waals surface area contributed by atoms with E-state index >= 15 is 0 Å². The van der Waals surface area contributed by atoms with E-state index in [2.05, 4.69) is 19.6 Å². The van der Waals surface area contributed by atoms with Gasteiger partial charge < -0.3 is 22.9 Å². The van der Waals surface area contributed by atoms with Crippen molar-refractivity contribution in [2.75, 3.05) is 13.2 Å². The fourth-order valence-electron chi connectivity index (χ4n) is 1.21. The SMILES string of the molecule is CCC/C(C(=O)OCC[NH3+])=C(/C)CC.[Cl-]. The van der Waals surface area contributed by atoms with Crippen molar-refractivity contribution in [1.82, 2.24) is 0 Å². The minimum absolute atomic E-state index is 0. The van der Waals surface area contributed by atoms with Crippen molar-refractivity contribution in [3.63, 3.8) is 0 Å². The number of rotatable bonds is 6. The molecule has 15 heavy (non-hydrogen) atoms. The van der Waals surface area contributed by atoms with Crippen LogP contribution in [0.1, 0.15) is 40.0 Å². The van der Waals surface area contributed by atoms with Crippen molar-refractivity contribution >= 4 is 5.97 Å². The predicted molar refractivity (Wildman–Crippen MR) is 56.6 cm³/mol. The van der Waals surface area contributed by atoms with Gasteiger partial charge in [-0.1, -0.05) is 25.8 Å². The van der Waals surface area contributed by atoms with Crippen molar-refractivity contribution in [3.8, 4) is 0 Å². The summed E-state index contributed by atoms with van der Waals surface area (Å²) in [5.41, 5.74) is 5.62. The van der Waals surface area contributed by atoms with Crippen LogP contribution in [0.25, 0.3) is 0 Å². The lowest BCUT2D eigenvalue weighted by molar-refractivity contribution is -0.372. The van der Waals surface area contributed by atoms with Crippen LogP contribution in [0.2, 0.25) is 0 Å². The molecule has 0 atom stereocenters. The summed E-state index contributed by atoms with van der Waals surface area (Å²) in [6, 6.07) is 0. The fraction of sp³-hybridized carbons (Fsp3) is 0.727. The Kier molecular flexibility index (Phi) is 11.2. The zero-order valence-electron chi connectivity index (χ0n) is 9.94. The minimum atomic E-state index is -0.158. The topological polar surface area (TPSA) is 53.9 Å². The van der Waals surface area contributed by atoms with E-state index in [0.717, 1.165) is 30.4 Å². The number of halogens is 1. The lowest BCUT2D eigenvalue weighted by Gasteiger charge is -2.09. The third-order valence-corrected chi connectivity index (χ3v) is 2.17. The number of hydrogen-bond donors (Lipinski definition) is 1. The van der Waals surface area contributed by atoms with Gasteiger partial charge in [0.05, 0.1) is 0 Å². The highest BCUT2D eigenvalue weighted by atomic mass is 35.5. The average molecular weight is 236 g/mol. The van der Waals surface area contributed by atoms with Crippen molar-refractivity contribution in [3.05, 3.63) is 11.1 Å². The largest absolute Gasteiger partial charge is 1.00 e. The molecule has 0 spiro atoms. The standard InChI is InChI=1S/C11H21NO2.ClH/c1-4-6-10(9(3)5-2)11(13)14-8-7-12;/h4-8,12H2,1-3H3;1H/b10-9+;. The predicted octanol–water partition coefficient (Wildman–Crippen LogP) is -1.70. The molecule has 90 valence electrons. The molecule has 0 aliphatic carbocycles. The Bertz CT molecular complexity index is 215. The fourth-order valence-corrected chi connectivity index (χ4v) is 1.21. The Morgan fingerprint density at radius 3 is 2.33 bits per heavy atom. The molecule has 0 aliphatic heterocycles. The van der Waals surface area contributed by atoms with Crippen LogP contribution in [0, 0.1) is 0 Å². The van der Waals surface area contributed by atoms with Gasteiger partial charge in [-0.2, -0.15) is 0 Å². The van der Waals surface area contributed by atoms with Gasteiger partial charge in [0.25, 0.3) is 0 Å². The van der Waals surface area contributed by atoms with Gasteiger partial charge >= 0.3 is 5.97 Å². The first-order valence-corrected chi connectivity index (χ1v) is 5.32. The van der Waals surface area contributed by atoms with Crippen LogP contribution in [0.4, 0.5) is 0 Å². The Balaban J connectivity index is 0. The van der Waals surface area contributed by atoms with Crippen LogP contribution in [0.15, 0.2) is 11.1 Å². The van der Waals surface area contributed by atoms with Crippen LogP contribution in [0.5, 0.6) is 0 Å². The van der Waals surface area contributed by atoms with E-state index in [4.69, 9.17) is 4.74 Å². The van der Waals surface area contributed by atoms with Crippen LogP contribution < -0.4 is 18.1 Å². The molecule has 4 heteroatoms. The second-order valence-electron chi connectivity index (χ2n) is 3.35. The Morgan fingerprint density at radius 2 is 1.93 bits per heavy atom. The summed E-state index contributed by atoms with van der Waals surface area (Å²) < 4.78 is 5.07. The molecule has 0 radical (unpaired) electrons. The summed E-state index contributed by atoms with van der Waals surface area (Å²) in [7, 11) is 0. The van der Waals surface area contributed by atoms with E-state index in [1.807, 2.05) is 6.92 Å². The molecular formula is C11H22ClNO2. The summed E-state index contributed by atoms with van der Waals surface area (Å²) in [5.74, 6) is -0.158. The zero-order chi connectivity index (χ0) is 11.0. The number of esters is 1. The molecule has 0 fully saturated rings. The van der Waals surface area contributed by atoms with E-state index in [-0.39, 0.29) is 18.4 Å². The summed E-state index contributed by atoms with van der Waals surface area (Å²) in [6.07, 6.45) is 2.70. The maximum absolute atomic E-state index is 11.6. The number of ether oxygens (including phenoxy) is 1. The Morgan fingerprint density at radius 1 is 1.33 bits per heavy atom. The molecule has 3 N–H and O–H groups in total. The maximum atomic E-state index is 11.6. The first-order valence-electron chi connectivity index (χ1n) is 5.32. The smallest absolute Gasteiger partial charge is 0.334 e. The molecule has 0 saturated heterocycles. The molecule has 0 aromatic carbocycles. The normalized spacial score (nSPS) is 11.5. The van der Waals surface area contributed by atoms with Crippen molar-refractivity contribution < 1.29 is 27.7 Å². The molecule has 0 saturated carbocycles. The molecule has 0 aliphatic rings. The third kappa shape index (κ3) is 6.52. The molecule has 0 heterocycles. The zero-order valence-corrected chi connectivity index (χ0v) is 10.7. The first kappa shape index (κ1) is 16.9. The molecule has 0 bridgehead atoms. The number of carbonyl (C=O) groups excluding carboxylic acids is 1. The highest BCUT2D eigenvalue weighted by Gasteiger charge is 2.12. The van der Waals surface area contributed by atoms with E-state index in [1.54, 1.807) is 0 Å². The number of quaternary nitrogens is 1. The molecule has 0 aromatic rings. The van der Waals surface area contributed by atoms with Gasteiger partial charge in [0, 0.05) is 5.57 Å². The van der Waals surface area contributed by atoms with E-state index in [1.165, 1.54) is 0 Å². The summed E-state index contributed by atoms with van der Waals surface area (Å²) >= 11 is 0. The van der Waals surface area contributed by atoms with Gasteiger partial charge in [0.2, 0.25) is 0 Å². The van der Waals surface area contributed by atoms with Crippen molar-refractivity contribution in [2.24, 2.45) is 0 Å². The molecule has 0 rings (SSSR count). The third-order valence-electron chi connectivity index (χ3n) is 2.17. The van der Waals surface area contributed by atoms with Crippen LogP contribution >= 0.6 is 0 Å². The van der Waals surface area contributed by atoms with Crippen LogP contribution in [-0.2, 0) is 9.53 Å². The van der Waals surface area contributed by atoms with Crippen molar-refractivity contribution in [2.45, 2.75) is 40.0 Å². The summed E-state index contributed by atoms with van der Waals surface area (Å²) in [5, 5.41) is 0. The maximum Gasteiger partial charge on any atom is 0.334 e. The van der Waals surface area contributed by atoms with Gasteiger partial charge in [-0.25, -0.2) is 4.79 Å². The van der Waals surface area contributed by atoms with E-state index in [9.17, 15) is 4.79 Å². The van der Waals surface area contributed by atoms with Gasteiger partial charge in [-0.15, -0.1) is 0 Å². The van der Waals surface area contributed by atoms with Crippen molar-refractivity contribution in [1.29, 1.82) is 0 Å². The highest BCUT2D eigenvalue weighted by molar-refractivity contribution is 5.89. The lowest BCUT2D eigenvalue weighted by Crippen LogP contribution is -3.00. The minimum Gasteiger partial charge on any atom is -1.00 e. The summed E-state index contributed by atoms with van der Waals surface area (Å²) in [6.45, 7) is 7.17. The monoisotopic (exact) mass is 235 g/mol. The molecular weight excluding hydrogens is 214 g/mol. The van der Waals surface area contributed by atoms with Gasteiger partial charge in [-0.3, -0.25) is 0 Å². The molecule has 3 nitrogen and oxygen atoms in total. The van der Waals surface area contributed by atoms with Gasteiger partial charge in [0.15, 0.2) is 0 Å². The molecule has 0 aromatic heterocycles. The van der Waals surface area contributed by atoms with E-state index < -0.39 is 0 Å². The summed E-state index contributed by atoms with van der Waals surface area (Å²) in [4.78, 5) is 11.6. The number of carbonyl (C=O) groups is 1. The van der Waals surface area contributed by atoms with E-state index in [0.29, 0.717) is 13.2 Å². The lowest BCUT2D eigenvalue weighted by atomic mass is 10.0. The number of allylic oxidation sites excluding steroid dienone is 1. The second-order valence-corrected chi connectivity index (χ2v) is 3.35. The Hall–Kier alpha value is -0.540.